The first-order valence-corrected chi connectivity index (χ1v) is 6.49. The van der Waals surface area contributed by atoms with Gasteiger partial charge in [-0.3, -0.25) is 4.79 Å². The van der Waals surface area contributed by atoms with E-state index in [4.69, 9.17) is 0 Å². The van der Waals surface area contributed by atoms with Crippen molar-refractivity contribution in [3.63, 3.8) is 0 Å². The molecular formula is C16H20O. The van der Waals surface area contributed by atoms with Crippen molar-refractivity contribution in [1.29, 1.82) is 0 Å². The molecule has 1 aliphatic rings. The van der Waals surface area contributed by atoms with Crippen LogP contribution in [0.5, 0.6) is 0 Å². The fraction of sp³-hybridized carbons (Fsp3) is 0.438. The molecule has 0 bridgehead atoms. The minimum absolute atomic E-state index is 0.230. The molecule has 0 saturated heterocycles. The van der Waals surface area contributed by atoms with Crippen molar-refractivity contribution >= 4 is 5.78 Å². The lowest BCUT2D eigenvalue weighted by molar-refractivity contribution is 0.103. The second-order valence-corrected chi connectivity index (χ2v) is 5.25. The largest absolute Gasteiger partial charge is 0.289 e. The zero-order valence-electron chi connectivity index (χ0n) is 10.7. The first-order chi connectivity index (χ1) is 8.16. The molecule has 1 nitrogen and oxygen atoms in total. The van der Waals surface area contributed by atoms with Crippen LogP contribution in [0, 0.1) is 5.92 Å². The predicted molar refractivity (Wildman–Crippen MR) is 71.2 cm³/mol. The molecule has 1 aromatic rings. The summed E-state index contributed by atoms with van der Waals surface area (Å²) < 4.78 is 0. The van der Waals surface area contributed by atoms with Gasteiger partial charge in [0.05, 0.1) is 0 Å². The van der Waals surface area contributed by atoms with Crippen molar-refractivity contribution in [1.82, 2.24) is 0 Å². The van der Waals surface area contributed by atoms with Crippen molar-refractivity contribution in [2.45, 2.75) is 39.5 Å². The van der Waals surface area contributed by atoms with Gasteiger partial charge in [0.25, 0.3) is 0 Å². The maximum absolute atomic E-state index is 12.2. The Morgan fingerprint density at radius 3 is 2.82 bits per heavy atom. The van der Waals surface area contributed by atoms with E-state index in [-0.39, 0.29) is 5.78 Å². The van der Waals surface area contributed by atoms with Gasteiger partial charge in [0, 0.05) is 5.56 Å². The normalized spacial score (nSPS) is 15.1. The molecule has 0 N–H and O–H groups in total. The standard InChI is InChI=1S/C16H20O/c1-12(2)10-13-6-5-9-15(11-13)16(17)14-7-3-4-8-14/h5-7,9,11-12H,3-4,8,10H2,1-2H3. The number of ketones is 1. The van der Waals surface area contributed by atoms with Gasteiger partial charge in [-0.15, -0.1) is 0 Å². The highest BCUT2D eigenvalue weighted by molar-refractivity contribution is 6.08. The summed E-state index contributed by atoms with van der Waals surface area (Å²) in [6.45, 7) is 4.40. The molecule has 2 rings (SSSR count). The first kappa shape index (κ1) is 12.1. The molecule has 0 fully saturated rings. The van der Waals surface area contributed by atoms with Gasteiger partial charge >= 0.3 is 0 Å². The topological polar surface area (TPSA) is 17.1 Å². The molecule has 0 spiro atoms. The monoisotopic (exact) mass is 228 g/mol. The second-order valence-electron chi connectivity index (χ2n) is 5.25. The molecule has 1 aliphatic carbocycles. The van der Waals surface area contributed by atoms with Crippen LogP contribution in [0.2, 0.25) is 0 Å². The lowest BCUT2D eigenvalue weighted by atomic mass is 9.97. The molecule has 17 heavy (non-hydrogen) atoms. The quantitative estimate of drug-likeness (QED) is 0.707. The fourth-order valence-corrected chi connectivity index (χ4v) is 2.37. The van der Waals surface area contributed by atoms with Crippen LogP contribution >= 0.6 is 0 Å². The maximum Gasteiger partial charge on any atom is 0.188 e. The second kappa shape index (κ2) is 5.31. The van der Waals surface area contributed by atoms with E-state index < -0.39 is 0 Å². The summed E-state index contributed by atoms with van der Waals surface area (Å²) in [5, 5.41) is 0. The van der Waals surface area contributed by atoms with Crippen LogP contribution in [0.3, 0.4) is 0 Å². The average Bonchev–Trinajstić information content (AvgIpc) is 2.81. The van der Waals surface area contributed by atoms with Crippen molar-refractivity contribution in [2.75, 3.05) is 0 Å². The number of carbonyl (C=O) groups is 1. The molecule has 0 unspecified atom stereocenters. The fourth-order valence-electron chi connectivity index (χ4n) is 2.37. The minimum Gasteiger partial charge on any atom is -0.289 e. The Bertz CT molecular complexity index is 441. The van der Waals surface area contributed by atoms with E-state index in [0.717, 1.165) is 36.8 Å². The molecule has 0 aromatic heterocycles. The van der Waals surface area contributed by atoms with Gasteiger partial charge in [-0.2, -0.15) is 0 Å². The number of hydrogen-bond donors (Lipinski definition) is 0. The molecule has 90 valence electrons. The van der Waals surface area contributed by atoms with E-state index in [1.165, 1.54) is 5.56 Å². The Hall–Kier alpha value is -1.37. The van der Waals surface area contributed by atoms with Gasteiger partial charge in [0.2, 0.25) is 0 Å². The lowest BCUT2D eigenvalue weighted by Crippen LogP contribution is -2.03. The number of rotatable bonds is 4. The van der Waals surface area contributed by atoms with Crippen LogP contribution in [0.25, 0.3) is 0 Å². The van der Waals surface area contributed by atoms with Crippen LogP contribution in [0.4, 0.5) is 0 Å². The summed E-state index contributed by atoms with van der Waals surface area (Å²) in [5.74, 6) is 0.860. The average molecular weight is 228 g/mol. The summed E-state index contributed by atoms with van der Waals surface area (Å²) in [7, 11) is 0. The van der Waals surface area contributed by atoms with Gasteiger partial charge in [-0.25, -0.2) is 0 Å². The molecule has 0 saturated carbocycles. The zero-order chi connectivity index (χ0) is 12.3. The highest BCUT2D eigenvalue weighted by Crippen LogP contribution is 2.22. The molecule has 0 atom stereocenters. The highest BCUT2D eigenvalue weighted by atomic mass is 16.1. The number of carbonyl (C=O) groups excluding carboxylic acids is 1. The molecule has 0 amide bonds. The summed E-state index contributed by atoms with van der Waals surface area (Å²) >= 11 is 0. The lowest BCUT2D eigenvalue weighted by Gasteiger charge is -2.07. The van der Waals surface area contributed by atoms with Crippen molar-refractivity contribution in [2.24, 2.45) is 5.92 Å². The van der Waals surface area contributed by atoms with Crippen molar-refractivity contribution in [3.8, 4) is 0 Å². The van der Waals surface area contributed by atoms with Gasteiger partial charge < -0.3 is 0 Å². The van der Waals surface area contributed by atoms with E-state index in [1.807, 2.05) is 12.1 Å². The van der Waals surface area contributed by atoms with Crippen molar-refractivity contribution in [3.05, 3.63) is 47.0 Å². The summed E-state index contributed by atoms with van der Waals surface area (Å²) in [5.41, 5.74) is 3.13. The highest BCUT2D eigenvalue weighted by Gasteiger charge is 2.15. The number of benzene rings is 1. The Morgan fingerprint density at radius 1 is 1.35 bits per heavy atom. The Labute approximate surface area is 104 Å². The van der Waals surface area contributed by atoms with Gasteiger partial charge in [-0.05, 0) is 48.8 Å². The summed E-state index contributed by atoms with van der Waals surface area (Å²) in [6, 6.07) is 8.10. The minimum atomic E-state index is 0.230. The third-order valence-corrected chi connectivity index (χ3v) is 3.17. The van der Waals surface area contributed by atoms with Crippen LogP contribution in [0.1, 0.15) is 49.0 Å². The number of allylic oxidation sites excluding steroid dienone is 2. The van der Waals surface area contributed by atoms with E-state index >= 15 is 0 Å². The zero-order valence-corrected chi connectivity index (χ0v) is 10.7. The van der Waals surface area contributed by atoms with Crippen molar-refractivity contribution < 1.29 is 4.79 Å². The molecule has 0 heterocycles. The molecule has 1 heteroatoms. The van der Waals surface area contributed by atoms with E-state index in [1.54, 1.807) is 0 Å². The Balaban J connectivity index is 2.18. The summed E-state index contributed by atoms with van der Waals surface area (Å²) in [4.78, 5) is 12.2. The van der Waals surface area contributed by atoms with E-state index in [9.17, 15) is 4.79 Å². The molecule has 0 radical (unpaired) electrons. The SMILES string of the molecule is CC(C)Cc1cccc(C(=O)C2=CCCC2)c1. The van der Waals surface area contributed by atoms with E-state index in [0.29, 0.717) is 5.92 Å². The van der Waals surface area contributed by atoms with Gasteiger partial charge in [0.15, 0.2) is 5.78 Å². The predicted octanol–water partition coefficient (Wildman–Crippen LogP) is 4.18. The first-order valence-electron chi connectivity index (χ1n) is 6.49. The Kier molecular flexibility index (Phi) is 3.78. The van der Waals surface area contributed by atoms with Gasteiger partial charge in [-0.1, -0.05) is 38.1 Å². The Morgan fingerprint density at radius 2 is 2.18 bits per heavy atom. The molecule has 1 aromatic carbocycles. The van der Waals surface area contributed by atoms with Crippen LogP contribution in [-0.2, 0) is 6.42 Å². The van der Waals surface area contributed by atoms with Crippen LogP contribution in [-0.4, -0.2) is 5.78 Å². The molecule has 0 aliphatic heterocycles. The third-order valence-electron chi connectivity index (χ3n) is 3.17. The third kappa shape index (κ3) is 3.06. The molecular weight excluding hydrogens is 208 g/mol. The smallest absolute Gasteiger partial charge is 0.188 e. The van der Waals surface area contributed by atoms with Crippen LogP contribution < -0.4 is 0 Å². The van der Waals surface area contributed by atoms with Gasteiger partial charge in [0.1, 0.15) is 0 Å². The number of hydrogen-bond acceptors (Lipinski definition) is 1. The number of Topliss-reactive ketones (excluding diaryl/α,β-unsaturated/α-hetero) is 1. The van der Waals surface area contributed by atoms with E-state index in [2.05, 4.69) is 32.1 Å². The van der Waals surface area contributed by atoms with Crippen LogP contribution in [0.15, 0.2) is 35.9 Å². The maximum atomic E-state index is 12.2. The summed E-state index contributed by atoms with van der Waals surface area (Å²) in [6.07, 6.45) is 6.28.